The third-order valence-corrected chi connectivity index (χ3v) is 2.36. The number of hydrogen-bond donors (Lipinski definition) is 0. The van der Waals surface area contributed by atoms with Crippen LogP contribution in [-0.2, 0) is 0 Å². The molecule has 0 amide bonds. The first-order valence-corrected chi connectivity index (χ1v) is 4.20. The molecule has 62 valence electrons. The summed E-state index contributed by atoms with van der Waals surface area (Å²) in [4.78, 5) is 3.72. The summed E-state index contributed by atoms with van der Waals surface area (Å²) in [6.45, 7) is 0. The molecule has 0 N–H and O–H groups in total. The molecule has 12 heavy (non-hydrogen) atoms. The Balaban J connectivity index is 2.87. The molecule has 0 aromatic carbocycles. The van der Waals surface area contributed by atoms with E-state index in [1.165, 1.54) is 16.9 Å². The van der Waals surface area contributed by atoms with Crippen LogP contribution in [0.25, 0.3) is 5.52 Å². The molecule has 0 aliphatic carbocycles. The van der Waals surface area contributed by atoms with Crippen molar-refractivity contribution in [3.63, 3.8) is 0 Å². The summed E-state index contributed by atoms with van der Waals surface area (Å²) in [5, 5.41) is 3.85. The van der Waals surface area contributed by atoms with Gasteiger partial charge in [0, 0.05) is 0 Å². The van der Waals surface area contributed by atoms with Gasteiger partial charge in [0.1, 0.15) is 5.52 Å². The number of fused-ring (bicyclic) bond motifs is 1. The van der Waals surface area contributed by atoms with Gasteiger partial charge in [0.05, 0.1) is 16.9 Å². The van der Waals surface area contributed by atoms with Gasteiger partial charge in [-0.05, 0) is 27.5 Å². The quantitative estimate of drug-likeness (QED) is 0.718. The van der Waals surface area contributed by atoms with Gasteiger partial charge in [-0.25, -0.2) is 13.9 Å². The van der Waals surface area contributed by atoms with Crippen molar-refractivity contribution in [1.29, 1.82) is 0 Å². The van der Waals surface area contributed by atoms with Crippen molar-refractivity contribution in [2.24, 2.45) is 0 Å². The van der Waals surface area contributed by atoms with Crippen molar-refractivity contribution in [1.82, 2.24) is 14.6 Å². The minimum atomic E-state index is -0.383. The first-order chi connectivity index (χ1) is 5.68. The Morgan fingerprint density at radius 3 is 3.08 bits per heavy atom. The van der Waals surface area contributed by atoms with Gasteiger partial charge in [0.25, 0.3) is 0 Å². The van der Waals surface area contributed by atoms with E-state index in [9.17, 15) is 4.39 Å². The van der Waals surface area contributed by atoms with E-state index in [4.69, 9.17) is 11.6 Å². The Labute approximate surface area is 80.3 Å². The monoisotopic (exact) mass is 249 g/mol. The van der Waals surface area contributed by atoms with E-state index in [-0.39, 0.29) is 11.1 Å². The maximum atomic E-state index is 12.9. The highest BCUT2D eigenvalue weighted by molar-refractivity contribution is 9.10. The van der Waals surface area contributed by atoms with E-state index < -0.39 is 0 Å². The minimum Gasteiger partial charge on any atom is -0.232 e. The molecule has 2 aromatic rings. The molecule has 0 bridgehead atoms. The van der Waals surface area contributed by atoms with Crippen LogP contribution in [0, 0.1) is 5.82 Å². The molecule has 0 unspecified atom stereocenters. The summed E-state index contributed by atoms with van der Waals surface area (Å²) >= 11 is 8.56. The van der Waals surface area contributed by atoms with Crippen LogP contribution in [-0.4, -0.2) is 14.6 Å². The standard InChI is InChI=1S/C6H2BrClFN3/c7-5-3(9)2-12-4(5)1-10-6(8)11-12/h1-2H. The van der Waals surface area contributed by atoms with Gasteiger partial charge in [-0.15, -0.1) is 5.10 Å². The maximum absolute atomic E-state index is 12.9. The summed E-state index contributed by atoms with van der Waals surface area (Å²) in [7, 11) is 0. The molecule has 6 heteroatoms. The zero-order chi connectivity index (χ0) is 8.72. The fraction of sp³-hybridized carbons (Fsp3) is 0. The van der Waals surface area contributed by atoms with Gasteiger partial charge in [0.2, 0.25) is 5.28 Å². The maximum Gasteiger partial charge on any atom is 0.241 e. The average Bonchev–Trinajstić information content (AvgIpc) is 2.28. The molecule has 3 nitrogen and oxygen atoms in total. The normalized spacial score (nSPS) is 10.9. The number of nitrogens with zero attached hydrogens (tertiary/aromatic N) is 3. The van der Waals surface area contributed by atoms with Crippen molar-refractivity contribution in [3.05, 3.63) is 28.0 Å². The summed E-state index contributed by atoms with van der Waals surface area (Å²) < 4.78 is 14.6. The van der Waals surface area contributed by atoms with Crippen molar-refractivity contribution in [2.45, 2.75) is 0 Å². The lowest BCUT2D eigenvalue weighted by atomic mass is 10.5. The molecule has 0 aliphatic heterocycles. The SMILES string of the molecule is Fc1cn2nc(Cl)ncc2c1Br. The second kappa shape index (κ2) is 2.67. The number of halogens is 3. The van der Waals surface area contributed by atoms with Crippen LogP contribution < -0.4 is 0 Å². The molecule has 0 saturated heterocycles. The van der Waals surface area contributed by atoms with Crippen LogP contribution in [0.4, 0.5) is 4.39 Å². The van der Waals surface area contributed by atoms with Gasteiger partial charge < -0.3 is 0 Å². The van der Waals surface area contributed by atoms with E-state index in [2.05, 4.69) is 26.0 Å². The van der Waals surface area contributed by atoms with Crippen LogP contribution >= 0.6 is 27.5 Å². The van der Waals surface area contributed by atoms with Crippen LogP contribution in [0.2, 0.25) is 5.28 Å². The highest BCUT2D eigenvalue weighted by atomic mass is 79.9. The summed E-state index contributed by atoms with van der Waals surface area (Å²) in [5.74, 6) is -0.383. The Kier molecular flexibility index (Phi) is 1.77. The van der Waals surface area contributed by atoms with E-state index in [1.807, 2.05) is 0 Å². The summed E-state index contributed by atoms with van der Waals surface area (Å²) in [5.41, 5.74) is 0.553. The largest absolute Gasteiger partial charge is 0.241 e. The Bertz CT molecular complexity index is 442. The number of rotatable bonds is 0. The number of hydrogen-bond acceptors (Lipinski definition) is 2. The fourth-order valence-corrected chi connectivity index (χ4v) is 1.40. The third kappa shape index (κ3) is 1.09. The first-order valence-electron chi connectivity index (χ1n) is 3.03. The second-order valence-corrected chi connectivity index (χ2v) is 3.28. The van der Waals surface area contributed by atoms with Gasteiger partial charge >= 0.3 is 0 Å². The summed E-state index contributed by atoms with van der Waals surface area (Å²) in [6, 6.07) is 0. The van der Waals surface area contributed by atoms with Crippen LogP contribution in [0.3, 0.4) is 0 Å². The van der Waals surface area contributed by atoms with Crippen LogP contribution in [0.1, 0.15) is 0 Å². The van der Waals surface area contributed by atoms with E-state index >= 15 is 0 Å². The lowest BCUT2D eigenvalue weighted by Gasteiger charge is -1.91. The van der Waals surface area contributed by atoms with Crippen molar-refractivity contribution >= 4 is 33.0 Å². The highest BCUT2D eigenvalue weighted by Crippen LogP contribution is 2.22. The molecular formula is C6H2BrClFN3. The molecule has 0 fully saturated rings. The lowest BCUT2D eigenvalue weighted by molar-refractivity contribution is 0.620. The number of aromatic nitrogens is 3. The molecule has 2 rings (SSSR count). The molecular weight excluding hydrogens is 248 g/mol. The second-order valence-electron chi connectivity index (χ2n) is 2.15. The smallest absolute Gasteiger partial charge is 0.232 e. The predicted octanol–water partition coefficient (Wildman–Crippen LogP) is 2.28. The molecule has 0 radical (unpaired) electrons. The topological polar surface area (TPSA) is 30.2 Å². The lowest BCUT2D eigenvalue weighted by Crippen LogP contribution is -1.91. The van der Waals surface area contributed by atoms with Gasteiger partial charge in [-0.2, -0.15) is 0 Å². The fourth-order valence-electron chi connectivity index (χ4n) is 0.884. The van der Waals surface area contributed by atoms with E-state index in [0.29, 0.717) is 9.99 Å². The Morgan fingerprint density at radius 2 is 2.33 bits per heavy atom. The third-order valence-electron chi connectivity index (χ3n) is 1.40. The molecule has 0 spiro atoms. The first kappa shape index (κ1) is 7.94. The van der Waals surface area contributed by atoms with E-state index in [1.54, 1.807) is 0 Å². The van der Waals surface area contributed by atoms with Gasteiger partial charge in [-0.3, -0.25) is 0 Å². The van der Waals surface area contributed by atoms with Gasteiger partial charge in [-0.1, -0.05) is 0 Å². The molecule has 2 aromatic heterocycles. The van der Waals surface area contributed by atoms with Crippen molar-refractivity contribution in [2.75, 3.05) is 0 Å². The Hall–Kier alpha value is -0.680. The van der Waals surface area contributed by atoms with Crippen molar-refractivity contribution in [3.8, 4) is 0 Å². The van der Waals surface area contributed by atoms with Gasteiger partial charge in [0.15, 0.2) is 5.82 Å². The Morgan fingerprint density at radius 1 is 1.58 bits per heavy atom. The van der Waals surface area contributed by atoms with Crippen LogP contribution in [0.15, 0.2) is 16.9 Å². The summed E-state index contributed by atoms with van der Waals surface area (Å²) in [6.07, 6.45) is 2.68. The predicted molar refractivity (Wildman–Crippen MR) is 45.7 cm³/mol. The molecule has 0 aliphatic rings. The highest BCUT2D eigenvalue weighted by Gasteiger charge is 2.08. The van der Waals surface area contributed by atoms with Crippen molar-refractivity contribution < 1.29 is 4.39 Å². The zero-order valence-electron chi connectivity index (χ0n) is 5.63. The molecule has 0 atom stereocenters. The molecule has 2 heterocycles. The zero-order valence-corrected chi connectivity index (χ0v) is 7.97. The van der Waals surface area contributed by atoms with Crippen LogP contribution in [0.5, 0.6) is 0 Å². The molecule has 0 saturated carbocycles. The minimum absolute atomic E-state index is 0.0880. The average molecular weight is 250 g/mol. The van der Waals surface area contributed by atoms with E-state index in [0.717, 1.165) is 0 Å².